The van der Waals surface area contributed by atoms with Crippen molar-refractivity contribution in [3.05, 3.63) is 23.8 Å². The molecular weight excluding hydrogens is 208 g/mol. The summed E-state index contributed by atoms with van der Waals surface area (Å²) in [6, 6.07) is 6.21. The Hall–Kier alpha value is -1.18. The SMILES string of the molecule is Cc1cc(NCC2CCCC(C)C2)ccc1N. The molecule has 94 valence electrons. The molecule has 0 heterocycles. The first kappa shape index (κ1) is 12.3. The minimum Gasteiger partial charge on any atom is -0.399 e. The summed E-state index contributed by atoms with van der Waals surface area (Å²) in [7, 11) is 0. The van der Waals surface area contributed by atoms with E-state index in [2.05, 4.69) is 31.3 Å². The van der Waals surface area contributed by atoms with E-state index in [-0.39, 0.29) is 0 Å². The molecule has 0 saturated heterocycles. The molecule has 0 spiro atoms. The maximum absolute atomic E-state index is 5.82. The first-order valence-corrected chi connectivity index (χ1v) is 6.75. The van der Waals surface area contributed by atoms with Crippen molar-refractivity contribution in [2.45, 2.75) is 39.5 Å². The zero-order valence-corrected chi connectivity index (χ0v) is 11.0. The van der Waals surface area contributed by atoms with Crippen molar-refractivity contribution in [1.82, 2.24) is 0 Å². The summed E-state index contributed by atoms with van der Waals surface area (Å²) in [5.74, 6) is 1.75. The quantitative estimate of drug-likeness (QED) is 0.778. The maximum Gasteiger partial charge on any atom is 0.0345 e. The van der Waals surface area contributed by atoms with Crippen LogP contribution >= 0.6 is 0 Å². The largest absolute Gasteiger partial charge is 0.399 e. The zero-order valence-electron chi connectivity index (χ0n) is 11.0. The Morgan fingerprint density at radius 3 is 2.88 bits per heavy atom. The van der Waals surface area contributed by atoms with Crippen LogP contribution in [-0.4, -0.2) is 6.54 Å². The second-order valence-corrected chi connectivity index (χ2v) is 5.59. The van der Waals surface area contributed by atoms with E-state index in [4.69, 9.17) is 5.73 Å². The molecule has 1 fully saturated rings. The van der Waals surface area contributed by atoms with Crippen LogP contribution in [0.25, 0.3) is 0 Å². The molecule has 17 heavy (non-hydrogen) atoms. The third-order valence-corrected chi connectivity index (χ3v) is 3.91. The van der Waals surface area contributed by atoms with E-state index >= 15 is 0 Å². The van der Waals surface area contributed by atoms with Gasteiger partial charge in [-0.3, -0.25) is 0 Å². The number of aryl methyl sites for hydroxylation is 1. The van der Waals surface area contributed by atoms with Crippen LogP contribution in [-0.2, 0) is 0 Å². The van der Waals surface area contributed by atoms with Crippen molar-refractivity contribution in [3.8, 4) is 0 Å². The van der Waals surface area contributed by atoms with Gasteiger partial charge in [-0.2, -0.15) is 0 Å². The van der Waals surface area contributed by atoms with Crippen molar-refractivity contribution in [1.29, 1.82) is 0 Å². The van der Waals surface area contributed by atoms with Gasteiger partial charge in [-0.15, -0.1) is 0 Å². The van der Waals surface area contributed by atoms with Gasteiger partial charge >= 0.3 is 0 Å². The number of rotatable bonds is 3. The number of anilines is 2. The Kier molecular flexibility index (Phi) is 3.93. The number of nitrogen functional groups attached to an aromatic ring is 1. The number of hydrogen-bond donors (Lipinski definition) is 2. The molecule has 2 atom stereocenters. The van der Waals surface area contributed by atoms with E-state index in [1.807, 2.05) is 6.07 Å². The van der Waals surface area contributed by atoms with Crippen LogP contribution in [0.2, 0.25) is 0 Å². The van der Waals surface area contributed by atoms with Gasteiger partial charge in [0.2, 0.25) is 0 Å². The average Bonchev–Trinajstić information content (AvgIpc) is 2.31. The van der Waals surface area contributed by atoms with Gasteiger partial charge in [-0.25, -0.2) is 0 Å². The fourth-order valence-corrected chi connectivity index (χ4v) is 2.79. The lowest BCUT2D eigenvalue weighted by molar-refractivity contribution is 0.293. The second kappa shape index (κ2) is 5.44. The molecule has 1 aromatic carbocycles. The van der Waals surface area contributed by atoms with Crippen molar-refractivity contribution in [2.75, 3.05) is 17.6 Å². The normalized spacial score (nSPS) is 24.6. The summed E-state index contributed by atoms with van der Waals surface area (Å²) < 4.78 is 0. The van der Waals surface area contributed by atoms with E-state index in [1.165, 1.54) is 31.4 Å². The summed E-state index contributed by atoms with van der Waals surface area (Å²) >= 11 is 0. The average molecular weight is 232 g/mol. The molecule has 1 saturated carbocycles. The van der Waals surface area contributed by atoms with Gasteiger partial charge in [0.25, 0.3) is 0 Å². The molecule has 1 aliphatic carbocycles. The standard InChI is InChI=1S/C15H24N2/c1-11-4-3-5-13(8-11)10-17-14-6-7-15(16)12(2)9-14/h6-7,9,11,13,17H,3-5,8,10,16H2,1-2H3. The smallest absolute Gasteiger partial charge is 0.0345 e. The molecule has 0 aliphatic heterocycles. The van der Waals surface area contributed by atoms with E-state index in [0.29, 0.717) is 0 Å². The summed E-state index contributed by atoms with van der Waals surface area (Å²) in [6.07, 6.45) is 5.57. The lowest BCUT2D eigenvalue weighted by atomic mass is 9.82. The van der Waals surface area contributed by atoms with E-state index in [9.17, 15) is 0 Å². The van der Waals surface area contributed by atoms with Crippen molar-refractivity contribution in [3.63, 3.8) is 0 Å². The van der Waals surface area contributed by atoms with Gasteiger partial charge in [-0.05, 0) is 55.4 Å². The molecule has 2 nitrogen and oxygen atoms in total. The lowest BCUT2D eigenvalue weighted by Crippen LogP contribution is -2.21. The first-order chi connectivity index (χ1) is 8.15. The van der Waals surface area contributed by atoms with Gasteiger partial charge in [0.1, 0.15) is 0 Å². The van der Waals surface area contributed by atoms with Crippen LogP contribution < -0.4 is 11.1 Å². The zero-order chi connectivity index (χ0) is 12.3. The summed E-state index contributed by atoms with van der Waals surface area (Å²) in [4.78, 5) is 0. The highest BCUT2D eigenvalue weighted by atomic mass is 14.9. The van der Waals surface area contributed by atoms with Crippen molar-refractivity contribution >= 4 is 11.4 Å². The predicted molar refractivity (Wildman–Crippen MR) is 75.2 cm³/mol. The van der Waals surface area contributed by atoms with Gasteiger partial charge in [0, 0.05) is 17.9 Å². The number of hydrogen-bond acceptors (Lipinski definition) is 2. The highest BCUT2D eigenvalue weighted by molar-refractivity contribution is 5.56. The highest BCUT2D eigenvalue weighted by Crippen LogP contribution is 2.28. The van der Waals surface area contributed by atoms with Gasteiger partial charge in [0.05, 0.1) is 0 Å². The molecular formula is C15H24N2. The van der Waals surface area contributed by atoms with Crippen molar-refractivity contribution < 1.29 is 0 Å². The Balaban J connectivity index is 1.86. The summed E-state index contributed by atoms with van der Waals surface area (Å²) in [6.45, 7) is 5.54. The predicted octanol–water partition coefficient (Wildman–Crippen LogP) is 3.82. The summed E-state index contributed by atoms with van der Waals surface area (Å²) in [5.41, 5.74) is 9.06. The van der Waals surface area contributed by atoms with Crippen LogP contribution in [0.4, 0.5) is 11.4 Å². The molecule has 2 unspecified atom stereocenters. The molecule has 0 radical (unpaired) electrons. The molecule has 2 heteroatoms. The van der Waals surface area contributed by atoms with Crippen LogP contribution in [0.5, 0.6) is 0 Å². The number of nitrogens with two attached hydrogens (primary N) is 1. The molecule has 3 N–H and O–H groups in total. The maximum atomic E-state index is 5.82. The monoisotopic (exact) mass is 232 g/mol. The minimum absolute atomic E-state index is 0.844. The van der Waals surface area contributed by atoms with Crippen LogP contribution in [0.15, 0.2) is 18.2 Å². The minimum atomic E-state index is 0.844. The van der Waals surface area contributed by atoms with Crippen LogP contribution in [0.3, 0.4) is 0 Å². The third kappa shape index (κ3) is 3.39. The Morgan fingerprint density at radius 1 is 1.35 bits per heavy atom. The van der Waals surface area contributed by atoms with E-state index < -0.39 is 0 Å². The van der Waals surface area contributed by atoms with Gasteiger partial charge in [-0.1, -0.05) is 19.8 Å². The Labute approximate surface area is 105 Å². The summed E-state index contributed by atoms with van der Waals surface area (Å²) in [5, 5.41) is 3.55. The van der Waals surface area contributed by atoms with Gasteiger partial charge in [0.15, 0.2) is 0 Å². The molecule has 0 aromatic heterocycles. The molecule has 0 amide bonds. The highest BCUT2D eigenvalue weighted by Gasteiger charge is 2.18. The molecule has 0 bridgehead atoms. The Morgan fingerprint density at radius 2 is 2.18 bits per heavy atom. The second-order valence-electron chi connectivity index (χ2n) is 5.59. The number of benzene rings is 1. The topological polar surface area (TPSA) is 38.0 Å². The fraction of sp³-hybridized carbons (Fsp3) is 0.600. The molecule has 2 rings (SSSR count). The van der Waals surface area contributed by atoms with Crippen LogP contribution in [0.1, 0.15) is 38.2 Å². The molecule has 1 aliphatic rings. The van der Waals surface area contributed by atoms with Crippen LogP contribution in [0, 0.1) is 18.8 Å². The van der Waals surface area contributed by atoms with E-state index in [0.717, 1.165) is 29.6 Å². The van der Waals surface area contributed by atoms with Gasteiger partial charge < -0.3 is 11.1 Å². The fourth-order valence-electron chi connectivity index (χ4n) is 2.79. The third-order valence-electron chi connectivity index (χ3n) is 3.91. The first-order valence-electron chi connectivity index (χ1n) is 6.75. The molecule has 1 aromatic rings. The lowest BCUT2D eigenvalue weighted by Gasteiger charge is -2.27. The number of nitrogens with one attached hydrogen (secondary N) is 1. The Bertz CT molecular complexity index is 373. The van der Waals surface area contributed by atoms with Crippen molar-refractivity contribution in [2.24, 2.45) is 11.8 Å². The van der Waals surface area contributed by atoms with E-state index in [1.54, 1.807) is 0 Å².